The van der Waals surface area contributed by atoms with Crippen molar-refractivity contribution >= 4 is 34.5 Å². The van der Waals surface area contributed by atoms with E-state index >= 15 is 0 Å². The Balaban J connectivity index is 3.59. The third-order valence-corrected chi connectivity index (χ3v) is 5.15. The predicted molar refractivity (Wildman–Crippen MR) is 105 cm³/mol. The summed E-state index contributed by atoms with van der Waals surface area (Å²) in [4.78, 5) is 23.5. The summed E-state index contributed by atoms with van der Waals surface area (Å²) >= 11 is 2.10. The standard InChI is InChI=1S/C19H35IO3/c1-3-5-7-9-11-13-15-17(20)19(22)23-18(21)16-14-12-10-8-6-4-2/h17H,3-16H2,1-2H3. The van der Waals surface area contributed by atoms with Crippen molar-refractivity contribution in [2.45, 2.75) is 108 Å². The molecule has 0 aromatic heterocycles. The van der Waals surface area contributed by atoms with Gasteiger partial charge in [-0.15, -0.1) is 0 Å². The second kappa shape index (κ2) is 16.7. The van der Waals surface area contributed by atoms with E-state index in [0.29, 0.717) is 6.42 Å². The van der Waals surface area contributed by atoms with Gasteiger partial charge in [0.1, 0.15) is 3.92 Å². The van der Waals surface area contributed by atoms with Gasteiger partial charge in [0, 0.05) is 6.42 Å². The Morgan fingerprint density at radius 1 is 0.783 bits per heavy atom. The molecule has 0 radical (unpaired) electrons. The van der Waals surface area contributed by atoms with Crippen molar-refractivity contribution in [1.82, 2.24) is 0 Å². The normalized spacial score (nSPS) is 12.1. The molecule has 0 bridgehead atoms. The molecule has 0 aliphatic rings. The molecule has 0 amide bonds. The van der Waals surface area contributed by atoms with Gasteiger partial charge in [-0.3, -0.25) is 9.59 Å². The van der Waals surface area contributed by atoms with Crippen LogP contribution in [0.3, 0.4) is 0 Å². The number of hydrogen-bond donors (Lipinski definition) is 0. The number of rotatable bonds is 15. The van der Waals surface area contributed by atoms with E-state index in [0.717, 1.165) is 25.7 Å². The number of hydrogen-bond acceptors (Lipinski definition) is 3. The first kappa shape index (κ1) is 22.9. The van der Waals surface area contributed by atoms with Crippen molar-refractivity contribution in [2.24, 2.45) is 0 Å². The topological polar surface area (TPSA) is 43.4 Å². The summed E-state index contributed by atoms with van der Waals surface area (Å²) in [7, 11) is 0. The van der Waals surface area contributed by atoms with Gasteiger partial charge in [-0.05, 0) is 12.8 Å². The molecule has 0 saturated heterocycles. The molecule has 0 aromatic carbocycles. The van der Waals surface area contributed by atoms with Gasteiger partial charge < -0.3 is 4.74 Å². The summed E-state index contributed by atoms with van der Waals surface area (Å²) in [5.74, 6) is -0.703. The molecular formula is C19H35IO3. The Kier molecular flexibility index (Phi) is 16.6. The number of ether oxygens (including phenoxy) is 1. The highest BCUT2D eigenvalue weighted by atomic mass is 127. The van der Waals surface area contributed by atoms with Gasteiger partial charge in [-0.1, -0.05) is 107 Å². The molecule has 0 N–H and O–H groups in total. The van der Waals surface area contributed by atoms with E-state index in [1.165, 1.54) is 57.8 Å². The molecule has 0 aromatic rings. The Morgan fingerprint density at radius 3 is 1.83 bits per heavy atom. The van der Waals surface area contributed by atoms with Crippen LogP contribution in [0.5, 0.6) is 0 Å². The first-order chi connectivity index (χ1) is 11.1. The van der Waals surface area contributed by atoms with Crippen LogP contribution in [0.4, 0.5) is 0 Å². The van der Waals surface area contributed by atoms with Crippen LogP contribution >= 0.6 is 22.6 Å². The van der Waals surface area contributed by atoms with E-state index in [1.807, 2.05) is 0 Å². The van der Waals surface area contributed by atoms with E-state index in [9.17, 15) is 9.59 Å². The molecule has 1 atom stereocenters. The number of unbranched alkanes of at least 4 members (excludes halogenated alkanes) is 10. The molecule has 4 heteroatoms. The van der Waals surface area contributed by atoms with Crippen LogP contribution in [-0.4, -0.2) is 15.9 Å². The third-order valence-electron chi connectivity index (χ3n) is 4.02. The zero-order chi connectivity index (χ0) is 17.3. The van der Waals surface area contributed by atoms with Crippen molar-refractivity contribution in [2.75, 3.05) is 0 Å². The van der Waals surface area contributed by atoms with Crippen LogP contribution < -0.4 is 0 Å². The molecule has 0 saturated carbocycles. The first-order valence-electron chi connectivity index (χ1n) is 9.50. The second-order valence-electron chi connectivity index (χ2n) is 6.33. The zero-order valence-electron chi connectivity index (χ0n) is 15.1. The van der Waals surface area contributed by atoms with Gasteiger partial charge in [0.25, 0.3) is 0 Å². The lowest BCUT2D eigenvalue weighted by Gasteiger charge is -2.09. The molecule has 3 nitrogen and oxygen atoms in total. The van der Waals surface area contributed by atoms with Gasteiger partial charge in [0.05, 0.1) is 0 Å². The fraction of sp³-hybridized carbons (Fsp3) is 0.895. The monoisotopic (exact) mass is 438 g/mol. The third kappa shape index (κ3) is 15.2. The molecule has 0 aliphatic heterocycles. The highest BCUT2D eigenvalue weighted by molar-refractivity contribution is 14.1. The lowest BCUT2D eigenvalue weighted by molar-refractivity contribution is -0.159. The van der Waals surface area contributed by atoms with E-state index in [4.69, 9.17) is 4.74 Å². The second-order valence-corrected chi connectivity index (χ2v) is 7.84. The Labute approximate surface area is 156 Å². The number of carbonyl (C=O) groups is 2. The predicted octanol–water partition coefficient (Wildman–Crippen LogP) is 6.36. The van der Waals surface area contributed by atoms with E-state index < -0.39 is 0 Å². The average molecular weight is 438 g/mol. The molecule has 0 aliphatic carbocycles. The number of esters is 2. The quantitative estimate of drug-likeness (QED) is 0.0982. The lowest BCUT2D eigenvalue weighted by atomic mass is 10.1. The van der Waals surface area contributed by atoms with Gasteiger partial charge >= 0.3 is 11.9 Å². The molecule has 0 fully saturated rings. The minimum Gasteiger partial charge on any atom is -0.392 e. The van der Waals surface area contributed by atoms with Gasteiger partial charge in [-0.2, -0.15) is 0 Å². The van der Waals surface area contributed by atoms with Crippen molar-refractivity contribution in [3.05, 3.63) is 0 Å². The average Bonchev–Trinajstić information content (AvgIpc) is 2.53. The SMILES string of the molecule is CCCCCCCCC(=O)OC(=O)C(I)CCCCCCCC. The van der Waals surface area contributed by atoms with Crippen molar-refractivity contribution in [3.63, 3.8) is 0 Å². The van der Waals surface area contributed by atoms with Crippen LogP contribution in [0.2, 0.25) is 0 Å². The van der Waals surface area contributed by atoms with Crippen molar-refractivity contribution < 1.29 is 14.3 Å². The van der Waals surface area contributed by atoms with Crippen LogP contribution in [-0.2, 0) is 14.3 Å². The van der Waals surface area contributed by atoms with Crippen LogP contribution in [0, 0.1) is 0 Å². The highest BCUT2D eigenvalue weighted by Gasteiger charge is 2.19. The van der Waals surface area contributed by atoms with E-state index in [-0.39, 0.29) is 15.9 Å². The van der Waals surface area contributed by atoms with Gasteiger partial charge in [0.2, 0.25) is 0 Å². The maximum Gasteiger partial charge on any atom is 0.326 e. The highest BCUT2D eigenvalue weighted by Crippen LogP contribution is 2.16. The number of halogens is 1. The molecule has 136 valence electrons. The minimum atomic E-state index is -0.352. The summed E-state index contributed by atoms with van der Waals surface area (Å²) in [6.45, 7) is 4.40. The Hall–Kier alpha value is -0.130. The molecule has 0 rings (SSSR count). The Morgan fingerprint density at radius 2 is 1.26 bits per heavy atom. The summed E-state index contributed by atoms with van der Waals surface area (Å²) < 4.78 is 4.76. The van der Waals surface area contributed by atoms with Gasteiger partial charge in [0.15, 0.2) is 0 Å². The zero-order valence-corrected chi connectivity index (χ0v) is 17.2. The van der Waals surface area contributed by atoms with Crippen LogP contribution in [0.1, 0.15) is 104 Å². The minimum absolute atomic E-state index is 0.188. The Bertz CT molecular complexity index is 305. The van der Waals surface area contributed by atoms with E-state index in [2.05, 4.69) is 36.4 Å². The summed E-state index contributed by atoms with van der Waals surface area (Å²) in [6, 6.07) is 0. The molecule has 0 spiro atoms. The molecule has 0 heterocycles. The number of carbonyl (C=O) groups excluding carboxylic acids is 2. The molecular weight excluding hydrogens is 403 g/mol. The smallest absolute Gasteiger partial charge is 0.326 e. The number of alkyl halides is 1. The van der Waals surface area contributed by atoms with Crippen molar-refractivity contribution in [3.8, 4) is 0 Å². The summed E-state index contributed by atoms with van der Waals surface area (Å²) in [6.07, 6.45) is 15.2. The molecule has 1 unspecified atom stereocenters. The summed E-state index contributed by atoms with van der Waals surface area (Å²) in [5.41, 5.74) is 0. The largest absolute Gasteiger partial charge is 0.392 e. The van der Waals surface area contributed by atoms with Crippen molar-refractivity contribution in [1.29, 1.82) is 0 Å². The van der Waals surface area contributed by atoms with Crippen LogP contribution in [0.15, 0.2) is 0 Å². The van der Waals surface area contributed by atoms with E-state index in [1.54, 1.807) is 0 Å². The summed E-state index contributed by atoms with van der Waals surface area (Å²) in [5, 5.41) is 0. The fourth-order valence-electron chi connectivity index (χ4n) is 2.50. The first-order valence-corrected chi connectivity index (χ1v) is 10.7. The fourth-order valence-corrected chi connectivity index (χ4v) is 3.07. The maximum absolute atomic E-state index is 11.8. The lowest BCUT2D eigenvalue weighted by Crippen LogP contribution is -2.21. The molecule has 23 heavy (non-hydrogen) atoms. The van der Waals surface area contributed by atoms with Crippen LogP contribution in [0.25, 0.3) is 0 Å². The maximum atomic E-state index is 11.8. The van der Waals surface area contributed by atoms with Gasteiger partial charge in [-0.25, -0.2) is 0 Å².